The minimum atomic E-state index is -4.83. The van der Waals surface area contributed by atoms with Gasteiger partial charge in [-0.05, 0) is 47.9 Å². The van der Waals surface area contributed by atoms with Gasteiger partial charge in [0.25, 0.3) is 5.56 Å². The largest absolute Gasteiger partial charge is 0.495 e. The maximum Gasteiger partial charge on any atom is 0.470 e. The number of methoxy groups -OCH3 is 1. The highest BCUT2D eigenvalue weighted by molar-refractivity contribution is 6.31. The Balaban J connectivity index is 1.52. The van der Waals surface area contributed by atoms with Gasteiger partial charge in [-0.2, -0.15) is 18.3 Å². The van der Waals surface area contributed by atoms with Crippen LogP contribution in [0.3, 0.4) is 0 Å². The van der Waals surface area contributed by atoms with Gasteiger partial charge in [0, 0.05) is 47.3 Å². The Morgan fingerprint density at radius 2 is 1.85 bits per heavy atom. The van der Waals surface area contributed by atoms with Gasteiger partial charge in [-0.25, -0.2) is 0 Å². The number of carbonyl (C=O) groups is 1. The number of nitrogens with zero attached hydrogens (tertiary/aromatic N) is 5. The second-order valence-electron chi connectivity index (χ2n) is 9.36. The maximum absolute atomic E-state index is 13.4. The zero-order chi connectivity index (χ0) is 29.5. The number of carbonyl (C=O) groups excluding carboxylic acids is 1. The van der Waals surface area contributed by atoms with Gasteiger partial charge >= 0.3 is 12.1 Å². The maximum atomic E-state index is 13.4. The minimum Gasteiger partial charge on any atom is -0.495 e. The number of ketones is 1. The molecule has 0 saturated heterocycles. The van der Waals surface area contributed by atoms with Crippen molar-refractivity contribution in [1.82, 2.24) is 24.5 Å². The Labute approximate surface area is 236 Å². The van der Waals surface area contributed by atoms with E-state index in [9.17, 15) is 22.8 Å². The fourth-order valence-corrected chi connectivity index (χ4v) is 4.90. The summed E-state index contributed by atoms with van der Waals surface area (Å²) in [5, 5.41) is 12.1. The molecular weight excluding hydrogens is 563 g/mol. The van der Waals surface area contributed by atoms with Crippen LogP contribution in [0.1, 0.15) is 30.8 Å². The lowest BCUT2D eigenvalue weighted by Crippen LogP contribution is -2.30. The van der Waals surface area contributed by atoms with Crippen LogP contribution in [0, 0.1) is 0 Å². The highest BCUT2D eigenvalue weighted by atomic mass is 35.5. The molecule has 5 aromatic rings. The Bertz CT molecular complexity index is 1830. The molecule has 9 nitrogen and oxygen atoms in total. The lowest BCUT2D eigenvalue weighted by Gasteiger charge is -2.20. The van der Waals surface area contributed by atoms with Gasteiger partial charge in [0.2, 0.25) is 5.89 Å². The van der Waals surface area contributed by atoms with E-state index in [0.717, 1.165) is 16.5 Å². The van der Waals surface area contributed by atoms with Crippen molar-refractivity contribution < 1.29 is 27.1 Å². The standard InChI is InChI=1S/C28H23ClF3N5O4/c1-4-22(23(38)10-15-5-8-21-16(9-15)13-36(2)35-21)37-14-24(40-3)20(12-25(37)39)19-11-17(29)6-7-18(19)26-33-34-27(41-26)28(30,31)32/h5-9,11-14,22H,4,10H2,1-3H3. The summed E-state index contributed by atoms with van der Waals surface area (Å²) < 4.78 is 52.7. The van der Waals surface area contributed by atoms with Gasteiger partial charge in [-0.3, -0.25) is 14.3 Å². The highest BCUT2D eigenvalue weighted by Crippen LogP contribution is 2.39. The first-order valence-electron chi connectivity index (χ1n) is 12.4. The average molecular weight is 586 g/mol. The monoisotopic (exact) mass is 585 g/mol. The summed E-state index contributed by atoms with van der Waals surface area (Å²) in [6, 6.07) is 10.3. The Hall–Kier alpha value is -4.45. The predicted octanol–water partition coefficient (Wildman–Crippen LogP) is 5.90. The van der Waals surface area contributed by atoms with Crippen molar-refractivity contribution in [3.8, 4) is 28.3 Å². The van der Waals surface area contributed by atoms with E-state index in [-0.39, 0.29) is 39.7 Å². The zero-order valence-electron chi connectivity index (χ0n) is 22.1. The van der Waals surface area contributed by atoms with Gasteiger partial charge < -0.3 is 13.7 Å². The molecule has 5 rings (SSSR count). The first-order chi connectivity index (χ1) is 19.5. The summed E-state index contributed by atoms with van der Waals surface area (Å²) in [5.41, 5.74) is 1.65. The molecule has 13 heteroatoms. The molecule has 3 aromatic heterocycles. The summed E-state index contributed by atoms with van der Waals surface area (Å²) in [4.78, 5) is 26.8. The third-order valence-corrected chi connectivity index (χ3v) is 6.82. The number of rotatable bonds is 8. The fourth-order valence-electron chi connectivity index (χ4n) is 4.72. The Kier molecular flexibility index (Phi) is 7.43. The summed E-state index contributed by atoms with van der Waals surface area (Å²) in [7, 11) is 3.19. The summed E-state index contributed by atoms with van der Waals surface area (Å²) in [6.07, 6.45) is -1.13. The van der Waals surface area contributed by atoms with Crippen LogP contribution >= 0.6 is 11.6 Å². The van der Waals surface area contributed by atoms with Gasteiger partial charge in [0.1, 0.15) is 5.75 Å². The second kappa shape index (κ2) is 10.8. The molecule has 0 bridgehead atoms. The van der Waals surface area contributed by atoms with Crippen LogP contribution < -0.4 is 10.3 Å². The molecule has 1 unspecified atom stereocenters. The number of alkyl halides is 3. The van der Waals surface area contributed by atoms with E-state index in [1.165, 1.54) is 42.1 Å². The van der Waals surface area contributed by atoms with Crippen LogP contribution in [0.15, 0.2) is 64.1 Å². The van der Waals surface area contributed by atoms with Crippen molar-refractivity contribution in [2.75, 3.05) is 7.11 Å². The van der Waals surface area contributed by atoms with Crippen LogP contribution in [0.5, 0.6) is 5.75 Å². The molecule has 0 N–H and O–H groups in total. The van der Waals surface area contributed by atoms with Crippen molar-refractivity contribution in [2.45, 2.75) is 32.0 Å². The SMILES string of the molecule is CCC(C(=O)Cc1ccc2nn(C)cc2c1)n1cc(OC)c(-c2cc(Cl)ccc2-c2nnc(C(F)(F)F)o2)cc1=O. The van der Waals surface area contributed by atoms with Crippen LogP contribution in [0.2, 0.25) is 5.02 Å². The number of ether oxygens (including phenoxy) is 1. The first-order valence-corrected chi connectivity index (χ1v) is 12.8. The van der Waals surface area contributed by atoms with E-state index in [0.29, 0.717) is 6.42 Å². The number of Topliss-reactive ketones (excluding diaryl/α,β-unsaturated/α-hetero) is 1. The van der Waals surface area contributed by atoms with Crippen molar-refractivity contribution in [3.63, 3.8) is 0 Å². The molecular formula is C28H23ClF3N5O4. The fraction of sp³-hybridized carbons (Fsp3) is 0.250. The molecule has 0 aliphatic rings. The number of halogens is 4. The summed E-state index contributed by atoms with van der Waals surface area (Å²) >= 11 is 6.21. The van der Waals surface area contributed by atoms with Crippen molar-refractivity contribution >= 4 is 28.3 Å². The van der Waals surface area contributed by atoms with E-state index in [2.05, 4.69) is 15.3 Å². The average Bonchev–Trinajstić information content (AvgIpc) is 3.56. The van der Waals surface area contributed by atoms with Crippen LogP contribution in [-0.4, -0.2) is 37.4 Å². The summed E-state index contributed by atoms with van der Waals surface area (Å²) in [6.45, 7) is 1.79. The Morgan fingerprint density at radius 1 is 1.07 bits per heavy atom. The Morgan fingerprint density at radius 3 is 2.54 bits per heavy atom. The van der Waals surface area contributed by atoms with E-state index in [1.54, 1.807) is 11.6 Å². The quantitative estimate of drug-likeness (QED) is 0.223. The third-order valence-electron chi connectivity index (χ3n) is 6.59. The number of aromatic nitrogens is 5. The van der Waals surface area contributed by atoms with Gasteiger partial charge in [-0.1, -0.05) is 24.6 Å². The van der Waals surface area contributed by atoms with E-state index >= 15 is 0 Å². The predicted molar refractivity (Wildman–Crippen MR) is 145 cm³/mol. The normalized spacial score (nSPS) is 12.6. The number of hydrogen-bond acceptors (Lipinski definition) is 7. The van der Waals surface area contributed by atoms with Gasteiger partial charge in [0.05, 0.1) is 24.9 Å². The minimum absolute atomic E-state index is 0.0942. The molecule has 0 saturated carbocycles. The first kappa shape index (κ1) is 28.1. The number of hydrogen-bond donors (Lipinski definition) is 0. The molecule has 2 aromatic carbocycles. The number of aryl methyl sites for hydroxylation is 1. The molecule has 0 aliphatic carbocycles. The lowest BCUT2D eigenvalue weighted by atomic mass is 9.98. The topological polar surface area (TPSA) is 105 Å². The van der Waals surface area contributed by atoms with Crippen molar-refractivity contribution in [2.24, 2.45) is 7.05 Å². The number of pyridine rings is 1. The second-order valence-corrected chi connectivity index (χ2v) is 9.80. The summed E-state index contributed by atoms with van der Waals surface area (Å²) in [5.74, 6) is -1.92. The van der Waals surface area contributed by atoms with Crippen LogP contribution in [0.25, 0.3) is 33.5 Å². The molecule has 212 valence electrons. The highest BCUT2D eigenvalue weighted by Gasteiger charge is 2.38. The van der Waals surface area contributed by atoms with E-state index in [1.807, 2.05) is 31.4 Å². The van der Waals surface area contributed by atoms with E-state index < -0.39 is 29.6 Å². The molecule has 0 radical (unpaired) electrons. The molecule has 0 aliphatic heterocycles. The van der Waals surface area contributed by atoms with Crippen LogP contribution in [-0.2, 0) is 24.4 Å². The molecule has 0 amide bonds. The molecule has 41 heavy (non-hydrogen) atoms. The number of fused-ring (bicyclic) bond motifs is 1. The molecule has 1 atom stereocenters. The molecule has 0 spiro atoms. The van der Waals surface area contributed by atoms with Gasteiger partial charge in [0.15, 0.2) is 5.78 Å². The lowest BCUT2D eigenvalue weighted by molar-refractivity contribution is -0.157. The molecule has 3 heterocycles. The van der Waals surface area contributed by atoms with Crippen molar-refractivity contribution in [1.29, 1.82) is 0 Å². The molecule has 0 fully saturated rings. The van der Waals surface area contributed by atoms with Crippen molar-refractivity contribution in [3.05, 3.63) is 81.7 Å². The van der Waals surface area contributed by atoms with E-state index in [4.69, 9.17) is 20.8 Å². The van der Waals surface area contributed by atoms with Crippen LogP contribution in [0.4, 0.5) is 13.2 Å². The smallest absolute Gasteiger partial charge is 0.470 e. The number of benzene rings is 2. The third kappa shape index (κ3) is 5.60. The zero-order valence-corrected chi connectivity index (χ0v) is 22.8. The van der Waals surface area contributed by atoms with Gasteiger partial charge in [-0.15, -0.1) is 10.2 Å².